The maximum absolute atomic E-state index is 12.5. The van der Waals surface area contributed by atoms with Crippen LogP contribution in [0.5, 0.6) is 0 Å². The van der Waals surface area contributed by atoms with Gasteiger partial charge in [-0.05, 0) is 129 Å². The van der Waals surface area contributed by atoms with Crippen LogP contribution in [0.2, 0.25) is 36.3 Å². The molecule has 0 aromatic carbocycles. The largest absolute Gasteiger partial charge is 0.461 e. The van der Waals surface area contributed by atoms with Gasteiger partial charge in [-0.2, -0.15) is 0 Å². The van der Waals surface area contributed by atoms with E-state index in [1.807, 2.05) is 0 Å². The molecule has 4 rings (SSSR count). The topological polar surface area (TPSA) is 54.0 Å². The summed E-state index contributed by atoms with van der Waals surface area (Å²) in [6, 6.07) is 0. The van der Waals surface area contributed by atoms with Crippen molar-refractivity contribution in [3.8, 4) is 0 Å². The molecule has 3 saturated carbocycles. The standard InChI is InChI=1S/C40H68O5Si2/c1-28-31(25-33(44-46(10,11)38(3,4)5)26-36(28)45-47(12,13)39(6,7)8)21-20-30-17-16-24-40(9)34(22-23-35(30)40)29(2)42-27-37(41)43-32-18-14-15-19-32/h20-22,29,32-33,35-36H,1,14-19,23-27H2,2-13H3/t29-,33+,35-,36-,40+/m0/s1. The Bertz CT molecular complexity index is 1240. The normalized spacial score (nSPS) is 30.5. The fourth-order valence-corrected chi connectivity index (χ4v) is 10.4. The molecule has 0 spiro atoms. The number of fused-ring (bicyclic) bond motifs is 1. The van der Waals surface area contributed by atoms with E-state index in [4.69, 9.17) is 18.3 Å². The van der Waals surface area contributed by atoms with Gasteiger partial charge in [-0.3, -0.25) is 0 Å². The summed E-state index contributed by atoms with van der Waals surface area (Å²) in [7, 11) is -3.97. The van der Waals surface area contributed by atoms with Gasteiger partial charge in [0, 0.05) is 6.42 Å². The number of carbonyl (C=O) groups is 1. The summed E-state index contributed by atoms with van der Waals surface area (Å²) in [5.74, 6) is 0.231. The van der Waals surface area contributed by atoms with Gasteiger partial charge in [0.1, 0.15) is 12.7 Å². The molecule has 0 N–H and O–H groups in total. The molecule has 0 amide bonds. The first-order valence-corrected chi connectivity index (χ1v) is 24.4. The van der Waals surface area contributed by atoms with E-state index in [0.717, 1.165) is 69.8 Å². The van der Waals surface area contributed by atoms with Crippen LogP contribution >= 0.6 is 0 Å². The summed E-state index contributed by atoms with van der Waals surface area (Å²) >= 11 is 0. The molecule has 0 aromatic heterocycles. The Morgan fingerprint density at radius 1 is 0.979 bits per heavy atom. The molecule has 5 nitrogen and oxygen atoms in total. The number of ether oxygens (including phenoxy) is 2. The minimum absolute atomic E-state index is 0.0150. The summed E-state index contributed by atoms with van der Waals surface area (Å²) in [5, 5.41) is 0.281. The van der Waals surface area contributed by atoms with Crippen LogP contribution in [0.1, 0.15) is 120 Å². The number of hydrogen-bond acceptors (Lipinski definition) is 5. The first-order valence-electron chi connectivity index (χ1n) is 18.6. The van der Waals surface area contributed by atoms with Gasteiger partial charge in [0.25, 0.3) is 0 Å². The van der Waals surface area contributed by atoms with Crippen molar-refractivity contribution in [3.05, 3.63) is 47.1 Å². The molecule has 4 aliphatic rings. The van der Waals surface area contributed by atoms with Gasteiger partial charge in [0.05, 0.1) is 18.3 Å². The van der Waals surface area contributed by atoms with E-state index < -0.39 is 16.6 Å². The molecule has 0 saturated heterocycles. The highest BCUT2D eigenvalue weighted by Crippen LogP contribution is 2.56. The number of rotatable bonds is 10. The lowest BCUT2D eigenvalue weighted by molar-refractivity contribution is -0.155. The van der Waals surface area contributed by atoms with E-state index in [1.54, 1.807) is 0 Å². The molecule has 266 valence electrons. The van der Waals surface area contributed by atoms with Crippen LogP contribution in [0.3, 0.4) is 0 Å². The molecule has 4 aliphatic carbocycles. The fraction of sp³-hybridized carbons (Fsp3) is 0.775. The molecule has 0 heterocycles. The van der Waals surface area contributed by atoms with Crippen LogP contribution in [-0.2, 0) is 23.1 Å². The van der Waals surface area contributed by atoms with Gasteiger partial charge >= 0.3 is 5.97 Å². The van der Waals surface area contributed by atoms with Crippen LogP contribution in [0, 0.1) is 11.3 Å². The Hall–Kier alpha value is -1.26. The second-order valence-corrected chi connectivity index (χ2v) is 27.8. The monoisotopic (exact) mass is 684 g/mol. The Balaban J connectivity index is 1.51. The molecule has 3 fully saturated rings. The molecule has 0 aromatic rings. The molecular weight excluding hydrogens is 617 g/mol. The molecule has 7 heteroatoms. The summed E-state index contributed by atoms with van der Waals surface area (Å²) in [4.78, 5) is 12.5. The lowest BCUT2D eigenvalue weighted by Gasteiger charge is -2.45. The maximum Gasteiger partial charge on any atom is 0.332 e. The van der Waals surface area contributed by atoms with E-state index >= 15 is 0 Å². The average Bonchev–Trinajstić information content (AvgIpc) is 3.58. The Kier molecular flexibility index (Phi) is 11.9. The maximum atomic E-state index is 12.5. The number of carbonyl (C=O) groups excluding carboxylic acids is 1. The summed E-state index contributed by atoms with van der Waals surface area (Å²) in [6.45, 7) is 32.5. The first kappa shape index (κ1) is 38.5. The smallest absolute Gasteiger partial charge is 0.332 e. The highest BCUT2D eigenvalue weighted by molar-refractivity contribution is 6.74. The van der Waals surface area contributed by atoms with Crippen molar-refractivity contribution < 1.29 is 23.1 Å². The van der Waals surface area contributed by atoms with Gasteiger partial charge in [-0.25, -0.2) is 4.79 Å². The van der Waals surface area contributed by atoms with Crippen molar-refractivity contribution in [2.45, 2.75) is 180 Å². The van der Waals surface area contributed by atoms with E-state index in [9.17, 15) is 4.79 Å². The average molecular weight is 685 g/mol. The summed E-state index contributed by atoms with van der Waals surface area (Å²) < 4.78 is 25.9. The predicted octanol–water partition coefficient (Wildman–Crippen LogP) is 11.0. The zero-order valence-electron chi connectivity index (χ0n) is 32.1. The van der Waals surface area contributed by atoms with Gasteiger partial charge < -0.3 is 18.3 Å². The number of hydrogen-bond donors (Lipinski definition) is 0. The second kappa shape index (κ2) is 14.5. The molecule has 0 bridgehead atoms. The van der Waals surface area contributed by atoms with Crippen molar-refractivity contribution in [3.63, 3.8) is 0 Å². The van der Waals surface area contributed by atoms with Gasteiger partial charge in [0.2, 0.25) is 0 Å². The molecule has 5 atom stereocenters. The van der Waals surface area contributed by atoms with E-state index in [2.05, 4.69) is 106 Å². The Morgan fingerprint density at radius 3 is 2.21 bits per heavy atom. The van der Waals surface area contributed by atoms with Gasteiger partial charge in [-0.1, -0.05) is 78.8 Å². The summed E-state index contributed by atoms with van der Waals surface area (Å²) in [6.07, 6.45) is 17.8. The molecule has 0 aliphatic heterocycles. The Labute approximate surface area is 290 Å². The van der Waals surface area contributed by atoms with E-state index in [1.165, 1.54) is 16.7 Å². The van der Waals surface area contributed by atoms with Crippen LogP contribution in [0.4, 0.5) is 0 Å². The quantitative estimate of drug-likeness (QED) is 0.130. The minimum Gasteiger partial charge on any atom is -0.461 e. The minimum atomic E-state index is -2.01. The molecule has 0 unspecified atom stereocenters. The predicted molar refractivity (Wildman–Crippen MR) is 201 cm³/mol. The molecular formula is C40H68O5Si2. The Morgan fingerprint density at radius 2 is 1.60 bits per heavy atom. The lowest BCUT2D eigenvalue weighted by Crippen LogP contribution is -2.49. The highest BCUT2D eigenvalue weighted by atomic mass is 28.4. The zero-order valence-corrected chi connectivity index (χ0v) is 34.1. The van der Waals surface area contributed by atoms with E-state index in [-0.39, 0.29) is 52.5 Å². The lowest BCUT2D eigenvalue weighted by atomic mass is 9.63. The third-order valence-corrected chi connectivity index (χ3v) is 21.9. The number of allylic oxidation sites excluding steroid dienone is 4. The van der Waals surface area contributed by atoms with E-state index in [0.29, 0.717) is 5.92 Å². The third kappa shape index (κ3) is 8.92. The highest BCUT2D eigenvalue weighted by Gasteiger charge is 2.47. The zero-order chi connectivity index (χ0) is 35.0. The fourth-order valence-electron chi connectivity index (χ4n) is 7.76. The van der Waals surface area contributed by atoms with Crippen molar-refractivity contribution in [2.24, 2.45) is 11.3 Å². The molecule has 0 radical (unpaired) electrons. The van der Waals surface area contributed by atoms with Gasteiger partial charge in [0.15, 0.2) is 16.6 Å². The van der Waals surface area contributed by atoms with Crippen molar-refractivity contribution in [2.75, 3.05) is 6.61 Å². The second-order valence-electron chi connectivity index (χ2n) is 18.3. The van der Waals surface area contributed by atoms with Crippen LogP contribution < -0.4 is 0 Å². The molecule has 47 heavy (non-hydrogen) atoms. The van der Waals surface area contributed by atoms with Gasteiger partial charge in [-0.15, -0.1) is 0 Å². The first-order chi connectivity index (χ1) is 21.6. The van der Waals surface area contributed by atoms with Crippen molar-refractivity contribution >= 4 is 22.6 Å². The van der Waals surface area contributed by atoms with Crippen LogP contribution in [0.15, 0.2) is 47.1 Å². The van der Waals surface area contributed by atoms with Crippen molar-refractivity contribution in [1.29, 1.82) is 0 Å². The number of esters is 1. The van der Waals surface area contributed by atoms with Crippen LogP contribution in [-0.4, -0.2) is 53.6 Å². The SMILES string of the molecule is C=C1C(=CC=C2CCC[C@]3(C)C([C@H](C)OCC(=O)OC4CCCC4)=CC[C@@H]23)C[C@@H](O[Si](C)(C)C(C)(C)C)C[C@@H]1O[Si](C)(C)C(C)(C)C. The summed E-state index contributed by atoms with van der Waals surface area (Å²) in [5.41, 5.74) is 5.34. The van der Waals surface area contributed by atoms with Crippen LogP contribution in [0.25, 0.3) is 0 Å². The third-order valence-electron chi connectivity index (χ3n) is 12.8. The van der Waals surface area contributed by atoms with Crippen molar-refractivity contribution in [1.82, 2.24) is 0 Å².